The van der Waals surface area contributed by atoms with Gasteiger partial charge in [0, 0.05) is 12.2 Å². The Morgan fingerprint density at radius 3 is 1.30 bits per heavy atom. The molecule has 4 heteroatoms. The normalized spacial score (nSPS) is 12.8. The molecule has 0 aliphatic carbocycles. The van der Waals surface area contributed by atoms with Crippen LogP contribution in [0.1, 0.15) is 11.1 Å². The van der Waals surface area contributed by atoms with Gasteiger partial charge in [-0.05, 0) is 11.1 Å². The molecule has 4 nitrogen and oxygen atoms in total. The SMILES string of the molecule is [O-][N+](/C=C\c1ccccc1)=[N+]([O-])/C=C/c1ccccc1. The van der Waals surface area contributed by atoms with E-state index in [2.05, 4.69) is 0 Å². The molecule has 0 aliphatic heterocycles. The predicted molar refractivity (Wildman–Crippen MR) is 78.2 cm³/mol. The molecule has 0 fully saturated rings. The Labute approximate surface area is 117 Å². The fourth-order valence-electron chi connectivity index (χ4n) is 1.56. The van der Waals surface area contributed by atoms with Crippen LogP contribution in [0.5, 0.6) is 0 Å². The Morgan fingerprint density at radius 2 is 0.950 bits per heavy atom. The smallest absolute Gasteiger partial charge is 0.253 e. The zero-order chi connectivity index (χ0) is 14.2. The van der Waals surface area contributed by atoms with Gasteiger partial charge in [0.05, 0.1) is 9.72 Å². The van der Waals surface area contributed by atoms with Crippen molar-refractivity contribution in [3.8, 4) is 0 Å². The van der Waals surface area contributed by atoms with Crippen LogP contribution in [0.3, 0.4) is 0 Å². The molecule has 0 bridgehead atoms. The minimum Gasteiger partial charge on any atom is -0.561 e. The van der Waals surface area contributed by atoms with Crippen molar-refractivity contribution in [3.63, 3.8) is 0 Å². The highest BCUT2D eigenvalue weighted by atomic mass is 16.6. The van der Waals surface area contributed by atoms with Crippen LogP contribution in [0.4, 0.5) is 0 Å². The van der Waals surface area contributed by atoms with E-state index in [1.807, 2.05) is 60.7 Å². The van der Waals surface area contributed by atoms with E-state index >= 15 is 0 Å². The number of nitrogens with zero attached hydrogens (tertiary/aromatic N) is 2. The van der Waals surface area contributed by atoms with E-state index in [0.29, 0.717) is 0 Å². The average Bonchev–Trinajstić information content (AvgIpc) is 2.52. The molecule has 0 atom stereocenters. The van der Waals surface area contributed by atoms with Crippen LogP contribution in [0.2, 0.25) is 0 Å². The predicted octanol–water partition coefficient (Wildman–Crippen LogP) is 3.80. The van der Waals surface area contributed by atoms with Crippen molar-refractivity contribution in [1.82, 2.24) is 0 Å². The summed E-state index contributed by atoms with van der Waals surface area (Å²) >= 11 is 0. The molecule has 0 aliphatic rings. The van der Waals surface area contributed by atoms with Gasteiger partial charge >= 0.3 is 0 Å². The van der Waals surface area contributed by atoms with Gasteiger partial charge in [0.25, 0.3) is 12.4 Å². The fraction of sp³-hybridized carbons (Fsp3) is 0. The second-order valence-electron chi connectivity index (χ2n) is 4.06. The van der Waals surface area contributed by atoms with Crippen molar-refractivity contribution >= 4 is 12.2 Å². The van der Waals surface area contributed by atoms with Gasteiger partial charge in [-0.15, -0.1) is 0 Å². The monoisotopic (exact) mass is 266 g/mol. The molecular formula is C16H14N2O2. The Balaban J connectivity index is 2.08. The Bertz CT molecular complexity index is 575. The van der Waals surface area contributed by atoms with E-state index in [1.165, 1.54) is 12.4 Å². The Morgan fingerprint density at radius 1 is 0.600 bits per heavy atom. The van der Waals surface area contributed by atoms with E-state index in [1.54, 1.807) is 12.2 Å². The molecule has 0 saturated carbocycles. The summed E-state index contributed by atoms with van der Waals surface area (Å²) in [4.78, 5) is 0.457. The lowest BCUT2D eigenvalue weighted by atomic mass is 10.2. The number of hydroxylamine groups is 2. The first-order valence-corrected chi connectivity index (χ1v) is 6.15. The van der Waals surface area contributed by atoms with Crippen LogP contribution in [0.15, 0.2) is 73.1 Å². The third-order valence-corrected chi connectivity index (χ3v) is 2.58. The van der Waals surface area contributed by atoms with Crippen molar-refractivity contribution in [2.75, 3.05) is 0 Å². The summed E-state index contributed by atoms with van der Waals surface area (Å²) in [5.74, 6) is 0. The quantitative estimate of drug-likeness (QED) is 0.480. The summed E-state index contributed by atoms with van der Waals surface area (Å²) in [7, 11) is 0. The highest BCUT2D eigenvalue weighted by molar-refractivity contribution is 5.47. The lowest BCUT2D eigenvalue weighted by Gasteiger charge is -1.95. The largest absolute Gasteiger partial charge is 0.561 e. The maximum atomic E-state index is 11.5. The van der Waals surface area contributed by atoms with Crippen molar-refractivity contribution < 1.29 is 9.72 Å². The molecule has 0 N–H and O–H groups in total. The molecule has 2 aromatic rings. The number of hydrogen-bond acceptors (Lipinski definition) is 2. The van der Waals surface area contributed by atoms with Crippen molar-refractivity contribution in [2.24, 2.45) is 0 Å². The van der Waals surface area contributed by atoms with Crippen LogP contribution >= 0.6 is 0 Å². The van der Waals surface area contributed by atoms with E-state index < -0.39 is 0 Å². The third-order valence-electron chi connectivity index (χ3n) is 2.58. The van der Waals surface area contributed by atoms with E-state index in [0.717, 1.165) is 11.1 Å². The maximum absolute atomic E-state index is 11.5. The highest BCUT2D eigenvalue weighted by Gasteiger charge is 1.98. The van der Waals surface area contributed by atoms with Gasteiger partial charge in [-0.2, -0.15) is 0 Å². The van der Waals surface area contributed by atoms with E-state index in [9.17, 15) is 10.4 Å². The number of benzene rings is 2. The zero-order valence-electron chi connectivity index (χ0n) is 10.8. The van der Waals surface area contributed by atoms with Crippen LogP contribution in [-0.2, 0) is 0 Å². The van der Waals surface area contributed by atoms with Gasteiger partial charge in [0.1, 0.15) is 0 Å². The summed E-state index contributed by atoms with van der Waals surface area (Å²) in [6.45, 7) is 0. The molecular weight excluding hydrogens is 252 g/mol. The molecule has 2 rings (SSSR count). The first-order valence-electron chi connectivity index (χ1n) is 6.15. The van der Waals surface area contributed by atoms with Crippen LogP contribution in [0, 0.1) is 10.4 Å². The van der Waals surface area contributed by atoms with E-state index in [4.69, 9.17) is 0 Å². The minimum atomic E-state index is 0.229. The molecule has 0 radical (unpaired) electrons. The molecule has 0 heterocycles. The molecule has 0 spiro atoms. The summed E-state index contributed by atoms with van der Waals surface area (Å²) in [5.41, 5.74) is 1.71. The first kappa shape index (κ1) is 13.5. The second-order valence-corrected chi connectivity index (χ2v) is 4.06. The second kappa shape index (κ2) is 6.89. The van der Waals surface area contributed by atoms with Gasteiger partial charge in [-0.25, -0.2) is 0 Å². The maximum Gasteiger partial charge on any atom is 0.253 e. The van der Waals surface area contributed by atoms with Crippen molar-refractivity contribution in [3.05, 3.63) is 94.6 Å². The Kier molecular flexibility index (Phi) is 4.67. The van der Waals surface area contributed by atoms with Gasteiger partial charge in [-0.1, -0.05) is 60.7 Å². The molecule has 0 saturated heterocycles. The van der Waals surface area contributed by atoms with Crippen molar-refractivity contribution in [2.45, 2.75) is 0 Å². The summed E-state index contributed by atoms with van der Waals surface area (Å²) < 4.78 is 0. The molecule has 0 amide bonds. The van der Waals surface area contributed by atoms with Crippen LogP contribution in [0.25, 0.3) is 12.2 Å². The lowest BCUT2D eigenvalue weighted by molar-refractivity contribution is -0.911. The fourth-order valence-corrected chi connectivity index (χ4v) is 1.56. The first-order chi connectivity index (χ1) is 9.75. The van der Waals surface area contributed by atoms with Gasteiger partial charge in [0.2, 0.25) is 0 Å². The molecule has 100 valence electrons. The number of hydrogen-bond donors (Lipinski definition) is 0. The number of azo groups is 1. The molecule has 2 aromatic carbocycles. The third kappa shape index (κ3) is 4.10. The van der Waals surface area contributed by atoms with Crippen molar-refractivity contribution in [1.29, 1.82) is 0 Å². The number of rotatable bonds is 4. The summed E-state index contributed by atoms with van der Waals surface area (Å²) in [6, 6.07) is 18.6. The Hall–Kier alpha value is -2.88. The highest BCUT2D eigenvalue weighted by Crippen LogP contribution is 2.02. The van der Waals surface area contributed by atoms with Gasteiger partial charge < -0.3 is 10.4 Å². The zero-order valence-corrected chi connectivity index (χ0v) is 10.8. The van der Waals surface area contributed by atoms with Crippen LogP contribution in [-0.4, -0.2) is 9.72 Å². The summed E-state index contributed by atoms with van der Waals surface area (Å²) in [5, 5.41) is 23.1. The van der Waals surface area contributed by atoms with Crippen LogP contribution < -0.4 is 0 Å². The van der Waals surface area contributed by atoms with Gasteiger partial charge in [-0.3, -0.25) is 0 Å². The lowest BCUT2D eigenvalue weighted by Crippen LogP contribution is -2.05. The topological polar surface area (TPSA) is 52.1 Å². The standard InChI is InChI=1S/C16H14N2O2/c19-17(13-11-15-7-3-1-4-8-15)18(20)14-12-16-9-5-2-6-10-16/h1-14H/b13-11-,14-12+,18-17-. The molecule has 0 aromatic heterocycles. The molecule has 0 unspecified atom stereocenters. The summed E-state index contributed by atoms with van der Waals surface area (Å²) in [6.07, 6.45) is 5.51. The average molecular weight is 266 g/mol. The van der Waals surface area contributed by atoms with E-state index in [-0.39, 0.29) is 9.72 Å². The molecule has 20 heavy (non-hydrogen) atoms. The minimum absolute atomic E-state index is 0.229. The van der Waals surface area contributed by atoms with Gasteiger partial charge in [0.15, 0.2) is 0 Å².